The van der Waals surface area contributed by atoms with Gasteiger partial charge in [0.1, 0.15) is 22.0 Å². The van der Waals surface area contributed by atoms with E-state index in [2.05, 4.69) is 10.1 Å². The number of esters is 1. The summed E-state index contributed by atoms with van der Waals surface area (Å²) in [5.41, 5.74) is 0.338. The van der Waals surface area contributed by atoms with E-state index in [-0.39, 0.29) is 23.3 Å². The van der Waals surface area contributed by atoms with Crippen molar-refractivity contribution < 1.29 is 33.3 Å². The van der Waals surface area contributed by atoms with Crippen molar-refractivity contribution in [2.75, 3.05) is 24.8 Å². The molecule has 146 valence electrons. The highest BCUT2D eigenvalue weighted by molar-refractivity contribution is 8.04. The molecule has 1 aliphatic rings. The van der Waals surface area contributed by atoms with Crippen LogP contribution in [0.4, 0.5) is 10.5 Å². The Morgan fingerprint density at radius 1 is 1.26 bits per heavy atom. The molecule has 0 fully saturated rings. The van der Waals surface area contributed by atoms with Crippen LogP contribution in [0.3, 0.4) is 0 Å². The molecule has 0 saturated heterocycles. The molecule has 0 bridgehead atoms. The zero-order valence-electron chi connectivity index (χ0n) is 15.5. The maximum absolute atomic E-state index is 12.5. The standard InChI is InChI=1S/C18H21NO7S/c1-10(2)25-17(21)13-9-12(5-6-14(13)26-18(22)23-4)19-16(20)15-11(3)24-7-8-27-15/h5-6,9-10H,7-8H2,1-4H3,(H,19,20). The van der Waals surface area contributed by atoms with Crippen molar-refractivity contribution in [3.8, 4) is 5.75 Å². The van der Waals surface area contributed by atoms with Crippen LogP contribution in [0.1, 0.15) is 31.1 Å². The second-order valence-electron chi connectivity index (χ2n) is 5.76. The summed E-state index contributed by atoms with van der Waals surface area (Å²) in [6.07, 6.45) is -1.34. The topological polar surface area (TPSA) is 100 Å². The molecular formula is C18H21NO7S. The van der Waals surface area contributed by atoms with Crippen molar-refractivity contribution in [2.24, 2.45) is 0 Å². The van der Waals surface area contributed by atoms with Crippen LogP contribution in [0, 0.1) is 0 Å². The minimum Gasteiger partial charge on any atom is -0.496 e. The van der Waals surface area contributed by atoms with Gasteiger partial charge in [0.05, 0.1) is 19.8 Å². The Labute approximate surface area is 161 Å². The van der Waals surface area contributed by atoms with E-state index in [1.165, 1.54) is 30.0 Å². The number of allylic oxidation sites excluding steroid dienone is 1. The van der Waals surface area contributed by atoms with E-state index in [4.69, 9.17) is 14.2 Å². The molecule has 1 aromatic carbocycles. The van der Waals surface area contributed by atoms with Gasteiger partial charge in [-0.3, -0.25) is 4.79 Å². The van der Waals surface area contributed by atoms with Crippen LogP contribution >= 0.6 is 11.8 Å². The zero-order valence-corrected chi connectivity index (χ0v) is 16.3. The quantitative estimate of drug-likeness (QED) is 0.599. The van der Waals surface area contributed by atoms with E-state index in [1.807, 2.05) is 0 Å². The second-order valence-corrected chi connectivity index (χ2v) is 6.86. The minimum atomic E-state index is -0.970. The lowest BCUT2D eigenvalue weighted by Gasteiger charge is -2.18. The van der Waals surface area contributed by atoms with E-state index in [9.17, 15) is 14.4 Å². The summed E-state index contributed by atoms with van der Waals surface area (Å²) in [6, 6.07) is 4.27. The van der Waals surface area contributed by atoms with E-state index < -0.39 is 12.1 Å². The van der Waals surface area contributed by atoms with E-state index in [0.717, 1.165) is 7.11 Å². The number of carbonyl (C=O) groups excluding carboxylic acids is 3. The summed E-state index contributed by atoms with van der Waals surface area (Å²) in [6.45, 7) is 5.66. The van der Waals surface area contributed by atoms with E-state index in [1.54, 1.807) is 20.8 Å². The molecule has 1 amide bonds. The van der Waals surface area contributed by atoms with Crippen molar-refractivity contribution >= 4 is 35.5 Å². The highest BCUT2D eigenvalue weighted by Crippen LogP contribution is 2.29. The fourth-order valence-corrected chi connectivity index (χ4v) is 3.00. The van der Waals surface area contributed by atoms with Crippen molar-refractivity contribution in [3.05, 3.63) is 34.4 Å². The smallest absolute Gasteiger partial charge is 0.496 e. The third-order valence-corrected chi connectivity index (χ3v) is 4.47. The maximum atomic E-state index is 12.5. The Morgan fingerprint density at radius 3 is 2.63 bits per heavy atom. The molecule has 1 heterocycles. The Morgan fingerprint density at radius 2 is 2.00 bits per heavy atom. The molecule has 1 aliphatic heterocycles. The number of carbonyl (C=O) groups is 3. The van der Waals surface area contributed by atoms with Gasteiger partial charge in [0.15, 0.2) is 0 Å². The molecule has 0 unspecified atom stereocenters. The summed E-state index contributed by atoms with van der Waals surface area (Å²) in [5, 5.41) is 2.71. The molecule has 27 heavy (non-hydrogen) atoms. The normalized spacial score (nSPS) is 13.7. The maximum Gasteiger partial charge on any atom is 0.513 e. The highest BCUT2D eigenvalue weighted by Gasteiger charge is 2.22. The van der Waals surface area contributed by atoms with Gasteiger partial charge in [-0.25, -0.2) is 9.59 Å². The Kier molecular flexibility index (Phi) is 7.12. The third-order valence-electron chi connectivity index (χ3n) is 3.33. The van der Waals surface area contributed by atoms with Crippen LogP contribution in [0.2, 0.25) is 0 Å². The Balaban J connectivity index is 2.28. The van der Waals surface area contributed by atoms with Gasteiger partial charge in [-0.1, -0.05) is 0 Å². The first-order valence-corrected chi connectivity index (χ1v) is 9.19. The first-order chi connectivity index (χ1) is 12.8. The third kappa shape index (κ3) is 5.65. The molecule has 0 radical (unpaired) electrons. The number of rotatable bonds is 5. The molecule has 0 aliphatic carbocycles. The number of hydrogen-bond acceptors (Lipinski definition) is 8. The molecule has 2 rings (SSSR count). The fraction of sp³-hybridized carbons (Fsp3) is 0.389. The zero-order chi connectivity index (χ0) is 20.0. The van der Waals surface area contributed by atoms with Crippen molar-refractivity contribution in [3.63, 3.8) is 0 Å². The number of ether oxygens (including phenoxy) is 4. The van der Waals surface area contributed by atoms with Gasteiger partial charge in [-0.2, -0.15) is 0 Å². The first kappa shape index (κ1) is 20.6. The van der Waals surface area contributed by atoms with Crippen molar-refractivity contribution in [2.45, 2.75) is 26.9 Å². The summed E-state index contributed by atoms with van der Waals surface area (Å²) in [7, 11) is 1.16. The predicted octanol–water partition coefficient (Wildman–Crippen LogP) is 3.33. The Bertz CT molecular complexity index is 773. The number of thioether (sulfide) groups is 1. The lowest BCUT2D eigenvalue weighted by atomic mass is 10.1. The monoisotopic (exact) mass is 395 g/mol. The first-order valence-electron chi connectivity index (χ1n) is 8.20. The molecule has 0 saturated carbocycles. The average Bonchev–Trinajstić information content (AvgIpc) is 2.62. The lowest BCUT2D eigenvalue weighted by Crippen LogP contribution is -2.19. The van der Waals surface area contributed by atoms with Crippen LogP contribution < -0.4 is 10.1 Å². The van der Waals surface area contributed by atoms with E-state index >= 15 is 0 Å². The van der Waals surface area contributed by atoms with Gasteiger partial charge in [-0.15, -0.1) is 11.8 Å². The molecule has 1 aromatic rings. The highest BCUT2D eigenvalue weighted by atomic mass is 32.2. The largest absolute Gasteiger partial charge is 0.513 e. The number of benzene rings is 1. The molecule has 0 atom stereocenters. The van der Waals surface area contributed by atoms with Gasteiger partial charge < -0.3 is 24.3 Å². The summed E-state index contributed by atoms with van der Waals surface area (Å²) >= 11 is 1.40. The SMILES string of the molecule is COC(=O)Oc1ccc(NC(=O)C2=C(C)OCCS2)cc1C(=O)OC(C)C. The molecule has 9 heteroatoms. The Hall–Kier alpha value is -2.68. The lowest BCUT2D eigenvalue weighted by molar-refractivity contribution is -0.112. The number of amides is 1. The molecule has 0 aromatic heterocycles. The van der Waals surface area contributed by atoms with Crippen LogP contribution in [0.25, 0.3) is 0 Å². The van der Waals surface area contributed by atoms with Gasteiger partial charge in [0.25, 0.3) is 5.91 Å². The number of methoxy groups -OCH3 is 1. The van der Waals surface area contributed by atoms with Crippen molar-refractivity contribution in [1.29, 1.82) is 0 Å². The second kappa shape index (κ2) is 9.31. The average molecular weight is 395 g/mol. The number of nitrogens with one attached hydrogen (secondary N) is 1. The minimum absolute atomic E-state index is 0.00912. The van der Waals surface area contributed by atoms with Gasteiger partial charge >= 0.3 is 12.1 Å². The van der Waals surface area contributed by atoms with Crippen LogP contribution in [-0.2, 0) is 19.0 Å². The van der Waals surface area contributed by atoms with Gasteiger partial charge in [-0.05, 0) is 39.0 Å². The summed E-state index contributed by atoms with van der Waals surface area (Å²) < 4.78 is 20.0. The van der Waals surface area contributed by atoms with Crippen LogP contribution in [0.5, 0.6) is 5.75 Å². The van der Waals surface area contributed by atoms with Gasteiger partial charge in [0, 0.05) is 11.4 Å². The van der Waals surface area contributed by atoms with E-state index in [0.29, 0.717) is 28.7 Å². The summed E-state index contributed by atoms with van der Waals surface area (Å²) in [5.74, 6) is 0.163. The molecule has 1 N–H and O–H groups in total. The molecular weight excluding hydrogens is 374 g/mol. The van der Waals surface area contributed by atoms with Crippen molar-refractivity contribution in [1.82, 2.24) is 0 Å². The van der Waals surface area contributed by atoms with Gasteiger partial charge in [0.2, 0.25) is 0 Å². The molecule has 8 nitrogen and oxygen atoms in total. The van der Waals surface area contributed by atoms with Crippen LogP contribution in [0.15, 0.2) is 28.9 Å². The number of anilines is 1. The fourth-order valence-electron chi connectivity index (χ4n) is 2.18. The molecule has 0 spiro atoms. The van der Waals surface area contributed by atoms with Crippen LogP contribution in [-0.4, -0.2) is 43.6 Å². The summed E-state index contributed by atoms with van der Waals surface area (Å²) in [4.78, 5) is 36.7. The number of hydrogen-bond donors (Lipinski definition) is 1. The predicted molar refractivity (Wildman–Crippen MR) is 99.8 cm³/mol.